The van der Waals surface area contributed by atoms with E-state index in [0.29, 0.717) is 0 Å². The molecule has 0 aliphatic carbocycles. The third kappa shape index (κ3) is 2.28. The number of nitrogens with one attached hydrogen (secondary N) is 2. The summed E-state index contributed by atoms with van der Waals surface area (Å²) >= 11 is 0. The summed E-state index contributed by atoms with van der Waals surface area (Å²) in [6.45, 7) is 1.39. The highest BCUT2D eigenvalue weighted by atomic mass is 16.3. The molecule has 0 radical (unpaired) electrons. The molecule has 0 unspecified atom stereocenters. The fourth-order valence-corrected chi connectivity index (χ4v) is 1.89. The zero-order valence-corrected chi connectivity index (χ0v) is 8.84. The van der Waals surface area contributed by atoms with Crippen LogP contribution in [0.25, 0.3) is 0 Å². The third-order valence-electron chi connectivity index (χ3n) is 2.93. The van der Waals surface area contributed by atoms with E-state index in [-0.39, 0.29) is 12.5 Å². The van der Waals surface area contributed by atoms with Crippen molar-refractivity contribution in [2.45, 2.75) is 31.2 Å². The van der Waals surface area contributed by atoms with Gasteiger partial charge in [0.2, 0.25) is 5.91 Å². The average Bonchev–Trinajstić information content (AvgIpc) is 2.54. The van der Waals surface area contributed by atoms with E-state index in [4.69, 9.17) is 5.11 Å². The molecular formula is C9H18N2O4. The Morgan fingerprint density at radius 1 is 1.47 bits per heavy atom. The van der Waals surface area contributed by atoms with Gasteiger partial charge >= 0.3 is 0 Å². The molecule has 5 atom stereocenters. The normalized spacial score (nSPS) is 37.7. The zero-order valence-electron chi connectivity index (χ0n) is 8.84. The molecule has 1 amide bonds. The molecular weight excluding hydrogens is 200 g/mol. The topological polar surface area (TPSA) is 102 Å². The van der Waals surface area contributed by atoms with Gasteiger partial charge in [-0.3, -0.25) is 4.79 Å². The Kier molecular flexibility index (Phi) is 4.04. The summed E-state index contributed by atoms with van der Waals surface area (Å²) in [5, 5.41) is 33.4. The highest BCUT2D eigenvalue weighted by molar-refractivity contribution is 5.78. The molecule has 1 heterocycles. The summed E-state index contributed by atoms with van der Waals surface area (Å²) in [6, 6.07) is -1.10. The van der Waals surface area contributed by atoms with E-state index in [1.807, 2.05) is 0 Å². The molecule has 0 aromatic heterocycles. The van der Waals surface area contributed by atoms with Crippen LogP contribution >= 0.6 is 0 Å². The molecule has 0 aromatic rings. The summed E-state index contributed by atoms with van der Waals surface area (Å²) in [6.07, 6.45) is -2.07. The van der Waals surface area contributed by atoms with Crippen LogP contribution in [0, 0.1) is 5.92 Å². The van der Waals surface area contributed by atoms with Crippen molar-refractivity contribution in [2.24, 2.45) is 5.92 Å². The maximum absolute atomic E-state index is 11.3. The molecule has 6 heteroatoms. The van der Waals surface area contributed by atoms with Gasteiger partial charge in [0.1, 0.15) is 0 Å². The average molecular weight is 218 g/mol. The fourth-order valence-electron chi connectivity index (χ4n) is 1.89. The first-order chi connectivity index (χ1) is 7.02. The number of carbonyl (C=O) groups excluding carboxylic acids is 1. The molecule has 0 aromatic carbocycles. The number of hydrogen-bond acceptors (Lipinski definition) is 5. The second kappa shape index (κ2) is 4.89. The van der Waals surface area contributed by atoms with Crippen LogP contribution in [0.1, 0.15) is 6.92 Å². The van der Waals surface area contributed by atoms with Gasteiger partial charge in [-0.2, -0.15) is 0 Å². The maximum atomic E-state index is 11.3. The van der Waals surface area contributed by atoms with Gasteiger partial charge in [0.25, 0.3) is 0 Å². The Morgan fingerprint density at radius 2 is 2.07 bits per heavy atom. The Bertz CT molecular complexity index is 236. The fraction of sp³-hybridized carbons (Fsp3) is 0.889. The van der Waals surface area contributed by atoms with Gasteiger partial charge in [-0.25, -0.2) is 0 Å². The van der Waals surface area contributed by atoms with Crippen LogP contribution in [0.3, 0.4) is 0 Å². The highest BCUT2D eigenvalue weighted by Crippen LogP contribution is 2.20. The zero-order chi connectivity index (χ0) is 11.6. The first kappa shape index (κ1) is 12.4. The predicted molar refractivity (Wildman–Crippen MR) is 53.0 cm³/mol. The molecule has 1 aliphatic heterocycles. The maximum Gasteiger partial charge on any atom is 0.224 e. The first-order valence-corrected chi connectivity index (χ1v) is 4.97. The first-order valence-electron chi connectivity index (χ1n) is 4.97. The van der Waals surface area contributed by atoms with E-state index < -0.39 is 30.2 Å². The lowest BCUT2D eigenvalue weighted by Crippen LogP contribution is -2.45. The van der Waals surface area contributed by atoms with Gasteiger partial charge in [-0.1, -0.05) is 6.92 Å². The molecule has 1 saturated heterocycles. The van der Waals surface area contributed by atoms with Crippen molar-refractivity contribution in [2.75, 3.05) is 13.7 Å². The van der Waals surface area contributed by atoms with Gasteiger partial charge in [0.05, 0.1) is 30.8 Å². The Balaban J connectivity index is 2.68. The molecule has 0 bridgehead atoms. The lowest BCUT2D eigenvalue weighted by atomic mass is 9.96. The minimum Gasteiger partial charge on any atom is -0.395 e. The van der Waals surface area contributed by atoms with Crippen LogP contribution in [0.15, 0.2) is 0 Å². The molecule has 6 nitrogen and oxygen atoms in total. The van der Waals surface area contributed by atoms with E-state index in [1.54, 1.807) is 6.92 Å². The Labute approximate surface area is 88.3 Å². The van der Waals surface area contributed by atoms with Gasteiger partial charge in [-0.05, 0) is 0 Å². The molecule has 1 fully saturated rings. The van der Waals surface area contributed by atoms with Crippen LogP contribution in [-0.4, -0.2) is 59.2 Å². The largest absolute Gasteiger partial charge is 0.395 e. The summed E-state index contributed by atoms with van der Waals surface area (Å²) in [5.41, 5.74) is 0. The number of amides is 1. The van der Waals surface area contributed by atoms with E-state index in [0.717, 1.165) is 0 Å². The van der Waals surface area contributed by atoms with E-state index in [9.17, 15) is 15.0 Å². The van der Waals surface area contributed by atoms with Crippen LogP contribution < -0.4 is 10.6 Å². The summed E-state index contributed by atoms with van der Waals surface area (Å²) < 4.78 is 0. The van der Waals surface area contributed by atoms with Crippen molar-refractivity contribution in [3.8, 4) is 0 Å². The van der Waals surface area contributed by atoms with Crippen LogP contribution in [0.5, 0.6) is 0 Å². The van der Waals surface area contributed by atoms with Crippen molar-refractivity contribution >= 4 is 5.91 Å². The molecule has 1 rings (SSSR count). The lowest BCUT2D eigenvalue weighted by molar-refractivity contribution is -0.125. The number of aliphatic hydroxyl groups excluding tert-OH is 3. The van der Waals surface area contributed by atoms with Gasteiger partial charge in [0, 0.05) is 13.1 Å². The van der Waals surface area contributed by atoms with E-state index in [2.05, 4.69) is 10.6 Å². The van der Waals surface area contributed by atoms with Crippen LogP contribution in [-0.2, 0) is 4.79 Å². The molecule has 0 saturated carbocycles. The number of rotatable bonds is 3. The van der Waals surface area contributed by atoms with Crippen molar-refractivity contribution in [3.63, 3.8) is 0 Å². The third-order valence-corrected chi connectivity index (χ3v) is 2.93. The van der Waals surface area contributed by atoms with Gasteiger partial charge < -0.3 is 26.0 Å². The number of hydrogen-bond donors (Lipinski definition) is 5. The molecule has 0 spiro atoms. The van der Waals surface area contributed by atoms with E-state index >= 15 is 0 Å². The van der Waals surface area contributed by atoms with Crippen LogP contribution in [0.4, 0.5) is 0 Å². The quantitative estimate of drug-likeness (QED) is 0.358. The number of aliphatic hydroxyl groups is 3. The monoisotopic (exact) mass is 218 g/mol. The van der Waals surface area contributed by atoms with Crippen molar-refractivity contribution < 1.29 is 20.1 Å². The van der Waals surface area contributed by atoms with Gasteiger partial charge in [0.15, 0.2) is 0 Å². The van der Waals surface area contributed by atoms with Crippen molar-refractivity contribution in [1.29, 1.82) is 0 Å². The second-order valence-electron chi connectivity index (χ2n) is 3.87. The van der Waals surface area contributed by atoms with Gasteiger partial charge in [-0.15, -0.1) is 0 Å². The minimum atomic E-state index is -1.04. The molecule has 88 valence electrons. The Morgan fingerprint density at radius 3 is 2.47 bits per heavy atom. The molecule has 15 heavy (non-hydrogen) atoms. The van der Waals surface area contributed by atoms with Crippen molar-refractivity contribution in [3.05, 3.63) is 0 Å². The smallest absolute Gasteiger partial charge is 0.224 e. The SMILES string of the molecule is CNC(=O)[C@H](C)[C@H]1N[C@H](CO)[C@@H](O)[C@H]1O. The summed E-state index contributed by atoms with van der Waals surface area (Å²) in [4.78, 5) is 11.3. The molecule has 1 aliphatic rings. The van der Waals surface area contributed by atoms with Crippen molar-refractivity contribution in [1.82, 2.24) is 10.6 Å². The predicted octanol–water partition coefficient (Wildman–Crippen LogP) is -2.58. The second-order valence-corrected chi connectivity index (χ2v) is 3.87. The summed E-state index contributed by atoms with van der Waals surface area (Å²) in [7, 11) is 1.51. The Hall–Kier alpha value is -0.690. The van der Waals surface area contributed by atoms with Crippen LogP contribution in [0.2, 0.25) is 0 Å². The number of carbonyl (C=O) groups is 1. The van der Waals surface area contributed by atoms with E-state index in [1.165, 1.54) is 7.05 Å². The highest BCUT2D eigenvalue weighted by Gasteiger charge is 2.44. The summed E-state index contributed by atoms with van der Waals surface area (Å²) in [5.74, 6) is -0.673. The lowest BCUT2D eigenvalue weighted by Gasteiger charge is -2.21. The minimum absolute atomic E-state index is 0.211. The standard InChI is InChI=1S/C9H18N2O4/c1-4(9(15)10-2)6-8(14)7(13)5(3-12)11-6/h4-8,11-14H,3H2,1-2H3,(H,10,15)/t4-,5-,6-,7-,8+/m1/s1. The molecule has 5 N–H and O–H groups in total.